The zero-order chi connectivity index (χ0) is 21.4. The van der Waals surface area contributed by atoms with Crippen LogP contribution in [0.1, 0.15) is 21.6 Å². The first-order valence-corrected chi connectivity index (χ1v) is 11.6. The largest absolute Gasteiger partial charge is 0.340 e. The molecule has 1 aliphatic rings. The first kappa shape index (κ1) is 20.7. The molecule has 31 heavy (non-hydrogen) atoms. The van der Waals surface area contributed by atoms with Crippen LogP contribution in [0.15, 0.2) is 65.5 Å². The molecular weight excluding hydrogens is 453 g/mol. The number of aryl methyl sites for hydroxylation is 2. The predicted octanol–water partition coefficient (Wildman–Crippen LogP) is 5.93. The monoisotopic (exact) mass is 471 g/mol. The molecule has 0 spiro atoms. The molecule has 1 aliphatic heterocycles. The number of ether oxygens (including phenoxy) is 2. The van der Waals surface area contributed by atoms with Gasteiger partial charge in [-0.1, -0.05) is 41.4 Å². The van der Waals surface area contributed by atoms with Gasteiger partial charge in [-0.15, -0.1) is 11.3 Å². The van der Waals surface area contributed by atoms with Crippen molar-refractivity contribution in [2.75, 3.05) is 13.2 Å². The van der Waals surface area contributed by atoms with Gasteiger partial charge in [-0.25, -0.2) is 0 Å². The number of H-pyrrole nitrogens is 1. The minimum absolute atomic E-state index is 0.111. The molecule has 0 amide bonds. The topological polar surface area (TPSA) is 51.3 Å². The van der Waals surface area contributed by atoms with Crippen LogP contribution in [0, 0.1) is 0 Å². The summed E-state index contributed by atoms with van der Waals surface area (Å²) in [5, 5.41) is 1.64. The van der Waals surface area contributed by atoms with E-state index in [4.69, 9.17) is 32.7 Å². The summed E-state index contributed by atoms with van der Waals surface area (Å²) < 4.78 is 13.1. The fourth-order valence-corrected chi connectivity index (χ4v) is 5.27. The van der Waals surface area contributed by atoms with Crippen LogP contribution >= 0.6 is 34.5 Å². The molecule has 0 unspecified atom stereocenters. The van der Waals surface area contributed by atoms with Crippen molar-refractivity contribution in [2.45, 2.75) is 18.6 Å². The molecule has 158 valence electrons. The summed E-state index contributed by atoms with van der Waals surface area (Å²) in [4.78, 5) is 16.4. The molecule has 0 bridgehead atoms. The molecule has 1 N–H and O–H groups in total. The number of hydrogen-bond donors (Lipinski definition) is 1. The van der Waals surface area contributed by atoms with Gasteiger partial charge in [0, 0.05) is 38.0 Å². The lowest BCUT2D eigenvalue weighted by Crippen LogP contribution is -2.28. The van der Waals surface area contributed by atoms with Crippen molar-refractivity contribution in [2.24, 2.45) is 0 Å². The van der Waals surface area contributed by atoms with Crippen LogP contribution in [0.25, 0.3) is 10.9 Å². The van der Waals surface area contributed by atoms with Crippen LogP contribution in [0.4, 0.5) is 0 Å². The fraction of sp³-hybridized carbons (Fsp3) is 0.208. The van der Waals surface area contributed by atoms with Crippen molar-refractivity contribution in [1.82, 2.24) is 4.98 Å². The quantitative estimate of drug-likeness (QED) is 0.392. The number of halogens is 2. The van der Waals surface area contributed by atoms with Gasteiger partial charge in [0.15, 0.2) is 0 Å². The Labute approximate surface area is 193 Å². The smallest absolute Gasteiger partial charge is 0.248 e. The summed E-state index contributed by atoms with van der Waals surface area (Å²) in [5.74, 6) is -0.993. The zero-order valence-corrected chi connectivity index (χ0v) is 18.8. The lowest BCUT2D eigenvalue weighted by atomic mass is 9.94. The van der Waals surface area contributed by atoms with Crippen LogP contribution in [0.3, 0.4) is 0 Å². The van der Waals surface area contributed by atoms with Crippen molar-refractivity contribution >= 4 is 45.4 Å². The zero-order valence-electron chi connectivity index (χ0n) is 16.5. The lowest BCUT2D eigenvalue weighted by Gasteiger charge is -2.29. The molecule has 4 nitrogen and oxygen atoms in total. The van der Waals surface area contributed by atoms with E-state index in [0.29, 0.717) is 18.2 Å². The van der Waals surface area contributed by atoms with Crippen LogP contribution < -0.4 is 5.56 Å². The Morgan fingerprint density at radius 2 is 1.65 bits per heavy atom. The summed E-state index contributed by atoms with van der Waals surface area (Å²) in [7, 11) is 0. The van der Waals surface area contributed by atoms with Crippen molar-refractivity contribution in [3.8, 4) is 0 Å². The molecule has 7 heteroatoms. The second-order valence-corrected chi connectivity index (χ2v) is 9.68. The molecule has 0 radical (unpaired) electrons. The molecular formula is C24H19Cl2NO3S. The number of rotatable bonds is 5. The SMILES string of the molecule is O=c1cc(CCc2ccc(Cl)s2)c2cc(C3(c4ccc(Cl)cc4)OCCO3)ccc2[nH]1. The highest BCUT2D eigenvalue weighted by Crippen LogP contribution is 2.40. The molecule has 3 heterocycles. The van der Waals surface area contributed by atoms with Crippen LogP contribution in [-0.4, -0.2) is 18.2 Å². The summed E-state index contributed by atoms with van der Waals surface area (Å²) in [6.45, 7) is 0.997. The highest BCUT2D eigenvalue weighted by atomic mass is 35.5. The Balaban J connectivity index is 1.58. The van der Waals surface area contributed by atoms with Crippen molar-refractivity contribution in [3.05, 3.63) is 102 Å². The Morgan fingerprint density at radius 3 is 2.35 bits per heavy atom. The van der Waals surface area contributed by atoms with E-state index in [1.807, 2.05) is 48.5 Å². The third-order valence-electron chi connectivity index (χ3n) is 5.50. The van der Waals surface area contributed by atoms with Gasteiger partial charge in [0.25, 0.3) is 0 Å². The van der Waals surface area contributed by atoms with Gasteiger partial charge in [-0.3, -0.25) is 4.79 Å². The minimum atomic E-state index is -0.993. The average Bonchev–Trinajstić information content (AvgIpc) is 3.42. The normalized spacial score (nSPS) is 15.5. The maximum Gasteiger partial charge on any atom is 0.248 e. The molecule has 2 aromatic heterocycles. The Kier molecular flexibility index (Phi) is 5.63. The molecule has 2 aromatic carbocycles. The lowest BCUT2D eigenvalue weighted by molar-refractivity contribution is -0.129. The van der Waals surface area contributed by atoms with E-state index in [2.05, 4.69) is 11.1 Å². The van der Waals surface area contributed by atoms with E-state index in [1.165, 1.54) is 4.88 Å². The van der Waals surface area contributed by atoms with E-state index in [9.17, 15) is 4.79 Å². The second-order valence-electron chi connectivity index (χ2n) is 7.45. The van der Waals surface area contributed by atoms with Gasteiger partial charge in [-0.2, -0.15) is 0 Å². The number of hydrogen-bond acceptors (Lipinski definition) is 4. The van der Waals surface area contributed by atoms with E-state index < -0.39 is 5.79 Å². The average molecular weight is 472 g/mol. The Hall–Kier alpha value is -2.15. The van der Waals surface area contributed by atoms with E-state index >= 15 is 0 Å². The van der Waals surface area contributed by atoms with Gasteiger partial charge >= 0.3 is 0 Å². The molecule has 1 saturated heterocycles. The summed E-state index contributed by atoms with van der Waals surface area (Å²) in [5.41, 5.74) is 3.43. The van der Waals surface area contributed by atoms with Crippen LogP contribution in [0.2, 0.25) is 9.36 Å². The maximum absolute atomic E-state index is 12.2. The number of fused-ring (bicyclic) bond motifs is 1. The molecule has 5 rings (SSSR count). The molecule has 0 atom stereocenters. The summed E-state index contributed by atoms with van der Waals surface area (Å²) >= 11 is 13.7. The Bertz CT molecular complexity index is 1290. The molecule has 0 saturated carbocycles. The number of thiophene rings is 1. The van der Waals surface area contributed by atoms with Crippen LogP contribution in [0.5, 0.6) is 0 Å². The number of nitrogens with one attached hydrogen (secondary N) is 1. The van der Waals surface area contributed by atoms with Crippen molar-refractivity contribution < 1.29 is 9.47 Å². The predicted molar refractivity (Wildman–Crippen MR) is 125 cm³/mol. The van der Waals surface area contributed by atoms with Crippen molar-refractivity contribution in [3.63, 3.8) is 0 Å². The van der Waals surface area contributed by atoms with E-state index in [1.54, 1.807) is 17.4 Å². The molecule has 0 aliphatic carbocycles. The van der Waals surface area contributed by atoms with Gasteiger partial charge in [0.2, 0.25) is 11.3 Å². The highest BCUT2D eigenvalue weighted by molar-refractivity contribution is 7.16. The van der Waals surface area contributed by atoms with E-state index in [-0.39, 0.29) is 5.56 Å². The first-order chi connectivity index (χ1) is 15.0. The van der Waals surface area contributed by atoms with Gasteiger partial charge in [0.05, 0.1) is 17.6 Å². The Morgan fingerprint density at radius 1 is 0.903 bits per heavy atom. The van der Waals surface area contributed by atoms with Crippen LogP contribution in [-0.2, 0) is 28.1 Å². The minimum Gasteiger partial charge on any atom is -0.340 e. The van der Waals surface area contributed by atoms with Gasteiger partial charge in [-0.05, 0) is 54.8 Å². The number of benzene rings is 2. The third-order valence-corrected chi connectivity index (χ3v) is 7.04. The molecule has 1 fully saturated rings. The summed E-state index contributed by atoms with van der Waals surface area (Å²) in [6, 6.07) is 19.0. The third kappa shape index (κ3) is 4.04. The van der Waals surface area contributed by atoms with Gasteiger partial charge in [0.1, 0.15) is 0 Å². The van der Waals surface area contributed by atoms with Crippen molar-refractivity contribution in [1.29, 1.82) is 0 Å². The van der Waals surface area contributed by atoms with Gasteiger partial charge < -0.3 is 14.5 Å². The summed E-state index contributed by atoms with van der Waals surface area (Å²) in [6.07, 6.45) is 1.55. The first-order valence-electron chi connectivity index (χ1n) is 9.98. The maximum atomic E-state index is 12.2. The highest BCUT2D eigenvalue weighted by Gasteiger charge is 2.40. The fourth-order valence-electron chi connectivity index (χ4n) is 4.06. The number of pyridine rings is 1. The van der Waals surface area contributed by atoms with E-state index in [0.717, 1.165) is 44.8 Å². The number of aromatic amines is 1. The second kappa shape index (κ2) is 8.41. The standard InChI is InChI=1S/C24H19Cl2NO3S/c25-18-5-2-16(3-6-18)24(29-11-12-30-24)17-4-9-21-20(14-17)15(13-23(28)27-21)1-7-19-8-10-22(26)31-19/h2-6,8-10,13-14H,1,7,11-12H2,(H,27,28). The molecule has 4 aromatic rings. The number of aromatic nitrogens is 1.